The molecule has 0 spiro atoms. The van der Waals surface area contributed by atoms with Gasteiger partial charge in [0.25, 0.3) is 0 Å². The Labute approximate surface area is 325 Å². The zero-order valence-corrected chi connectivity index (χ0v) is 34.7. The lowest BCUT2D eigenvalue weighted by Gasteiger charge is -2.31. The Morgan fingerprint density at radius 3 is 1.64 bits per heavy atom. The fraction of sp³-hybridized carbons (Fsp3) is 0.756. The molecule has 0 aliphatic carbocycles. The van der Waals surface area contributed by atoms with Crippen molar-refractivity contribution in [2.45, 2.75) is 180 Å². The Balaban J connectivity index is 4.40. The Morgan fingerprint density at radius 2 is 1.08 bits per heavy atom. The SMILES string of the molecule is CC/C=C/C/C=C/C/C=C/CCCC(=O)OCC(COCCC(C(=O)O)[N+](C)(C)C)OC(=O)CCCCCCC/C=C/CCCCCCCCCCC. The van der Waals surface area contributed by atoms with Crippen LogP contribution in [-0.4, -0.2) is 80.6 Å². The highest BCUT2D eigenvalue weighted by Gasteiger charge is 2.31. The molecule has 2 unspecified atom stereocenters. The summed E-state index contributed by atoms with van der Waals surface area (Å²) >= 11 is 0. The number of carboxylic acids is 1. The van der Waals surface area contributed by atoms with Crippen LogP contribution >= 0.6 is 0 Å². The van der Waals surface area contributed by atoms with E-state index in [1.807, 2.05) is 21.1 Å². The summed E-state index contributed by atoms with van der Waals surface area (Å²) in [4.78, 5) is 36.8. The number of allylic oxidation sites excluding steroid dienone is 8. The number of carbonyl (C=O) groups excluding carboxylic acids is 2. The van der Waals surface area contributed by atoms with E-state index in [0.717, 1.165) is 57.8 Å². The molecule has 53 heavy (non-hydrogen) atoms. The van der Waals surface area contributed by atoms with E-state index in [2.05, 4.69) is 62.5 Å². The van der Waals surface area contributed by atoms with Crippen molar-refractivity contribution in [3.8, 4) is 0 Å². The minimum atomic E-state index is -0.884. The van der Waals surface area contributed by atoms with Crippen molar-refractivity contribution in [2.24, 2.45) is 0 Å². The van der Waals surface area contributed by atoms with Gasteiger partial charge in [-0.3, -0.25) is 9.59 Å². The third-order valence-electron chi connectivity index (χ3n) is 9.21. The van der Waals surface area contributed by atoms with E-state index in [1.54, 1.807) is 0 Å². The van der Waals surface area contributed by atoms with Gasteiger partial charge in [0.1, 0.15) is 6.61 Å². The number of hydrogen-bond acceptors (Lipinski definition) is 6. The third kappa shape index (κ3) is 34.8. The predicted octanol–water partition coefficient (Wildman–Crippen LogP) is 11.2. The molecule has 0 bridgehead atoms. The normalized spacial score (nSPS) is 13.5. The number of rotatable bonds is 37. The molecular formula is C45H80NO7+. The number of nitrogens with zero attached hydrogens (tertiary/aromatic N) is 1. The smallest absolute Gasteiger partial charge is 0.362 e. The lowest BCUT2D eigenvalue weighted by molar-refractivity contribution is -0.887. The molecule has 0 heterocycles. The average molecular weight is 747 g/mol. The van der Waals surface area contributed by atoms with Crippen molar-refractivity contribution in [2.75, 3.05) is 41.0 Å². The van der Waals surface area contributed by atoms with Gasteiger partial charge in [-0.1, -0.05) is 133 Å². The number of esters is 2. The van der Waals surface area contributed by atoms with Gasteiger partial charge in [0.2, 0.25) is 0 Å². The summed E-state index contributed by atoms with van der Waals surface area (Å²) in [5.41, 5.74) is 0. The summed E-state index contributed by atoms with van der Waals surface area (Å²) in [6, 6.07) is -0.623. The number of hydrogen-bond donors (Lipinski definition) is 1. The van der Waals surface area contributed by atoms with E-state index in [4.69, 9.17) is 14.2 Å². The lowest BCUT2D eigenvalue weighted by Crippen LogP contribution is -2.50. The highest BCUT2D eigenvalue weighted by atomic mass is 16.6. The van der Waals surface area contributed by atoms with Crippen LogP contribution in [0, 0.1) is 0 Å². The Morgan fingerprint density at radius 1 is 0.585 bits per heavy atom. The second kappa shape index (κ2) is 36.3. The summed E-state index contributed by atoms with van der Waals surface area (Å²) in [5.74, 6) is -1.55. The predicted molar refractivity (Wildman–Crippen MR) is 220 cm³/mol. The van der Waals surface area contributed by atoms with E-state index in [0.29, 0.717) is 19.3 Å². The first kappa shape index (κ1) is 50.3. The van der Waals surface area contributed by atoms with Crippen molar-refractivity contribution in [3.63, 3.8) is 0 Å². The average Bonchev–Trinajstić information content (AvgIpc) is 3.11. The first-order valence-electron chi connectivity index (χ1n) is 21.2. The van der Waals surface area contributed by atoms with Crippen LogP contribution in [0.25, 0.3) is 0 Å². The Hall–Kier alpha value is -2.71. The van der Waals surface area contributed by atoms with Crippen LogP contribution in [0.3, 0.4) is 0 Å². The zero-order valence-electron chi connectivity index (χ0n) is 34.7. The highest BCUT2D eigenvalue weighted by Crippen LogP contribution is 2.13. The molecule has 8 nitrogen and oxygen atoms in total. The molecule has 0 saturated heterocycles. The Bertz CT molecular complexity index is 1010. The number of unbranched alkanes of at least 4 members (excludes halogenated alkanes) is 15. The Kier molecular flexibility index (Phi) is 34.4. The summed E-state index contributed by atoms with van der Waals surface area (Å²) in [7, 11) is 5.50. The number of quaternary nitrogens is 1. The fourth-order valence-electron chi connectivity index (χ4n) is 5.93. The molecule has 8 heteroatoms. The van der Waals surface area contributed by atoms with Gasteiger partial charge < -0.3 is 23.8 Å². The van der Waals surface area contributed by atoms with Gasteiger partial charge in [-0.25, -0.2) is 4.79 Å². The van der Waals surface area contributed by atoms with Crippen molar-refractivity contribution in [3.05, 3.63) is 48.6 Å². The lowest BCUT2D eigenvalue weighted by atomic mass is 10.1. The maximum absolute atomic E-state index is 12.7. The summed E-state index contributed by atoms with van der Waals surface area (Å²) in [5, 5.41) is 9.60. The molecule has 306 valence electrons. The number of carbonyl (C=O) groups is 3. The van der Waals surface area contributed by atoms with E-state index < -0.39 is 18.1 Å². The van der Waals surface area contributed by atoms with Gasteiger partial charge in [0.15, 0.2) is 12.1 Å². The van der Waals surface area contributed by atoms with Crippen LogP contribution in [0.4, 0.5) is 0 Å². The number of ether oxygens (including phenoxy) is 3. The summed E-state index contributed by atoms with van der Waals surface area (Å²) in [6.45, 7) is 4.54. The molecule has 0 aliphatic heterocycles. The molecule has 1 N–H and O–H groups in total. The van der Waals surface area contributed by atoms with Crippen LogP contribution < -0.4 is 0 Å². The summed E-state index contributed by atoms with van der Waals surface area (Å²) in [6.07, 6.45) is 41.7. The van der Waals surface area contributed by atoms with Crippen molar-refractivity contribution < 1.29 is 38.2 Å². The number of carboxylic acid groups (broad SMARTS) is 1. The maximum Gasteiger partial charge on any atom is 0.362 e. The van der Waals surface area contributed by atoms with Crippen molar-refractivity contribution in [1.29, 1.82) is 0 Å². The first-order chi connectivity index (χ1) is 25.6. The van der Waals surface area contributed by atoms with Gasteiger partial charge >= 0.3 is 17.9 Å². The third-order valence-corrected chi connectivity index (χ3v) is 9.21. The van der Waals surface area contributed by atoms with Crippen molar-refractivity contribution >= 4 is 17.9 Å². The monoisotopic (exact) mass is 747 g/mol. The first-order valence-corrected chi connectivity index (χ1v) is 21.2. The van der Waals surface area contributed by atoms with Crippen LogP contribution in [0.15, 0.2) is 48.6 Å². The van der Waals surface area contributed by atoms with Crippen LogP contribution in [0.2, 0.25) is 0 Å². The standard InChI is InChI=1S/C45H79NO7/c1-6-8-10-12-14-16-18-19-20-21-22-23-24-26-28-30-32-34-36-44(48)53-41(39-51-38-37-42(45(49)50)46(3,4)5)40-52-43(47)35-33-31-29-27-25-17-15-13-11-9-7-2/h9,11,15,17,22-23,27,29,41-42H,6-8,10,12-14,16,18-21,24-26,28,30-40H2,1-5H3/p+1/b11-9+,17-15+,23-22+,29-27+. The molecule has 0 fully saturated rings. The maximum atomic E-state index is 12.7. The van der Waals surface area contributed by atoms with E-state index in [1.165, 1.54) is 70.6 Å². The molecule has 0 aromatic rings. The van der Waals surface area contributed by atoms with Crippen molar-refractivity contribution in [1.82, 2.24) is 0 Å². The number of aliphatic carboxylic acids is 1. The molecule has 2 atom stereocenters. The van der Waals surface area contributed by atoms with Crippen LogP contribution in [0.1, 0.15) is 168 Å². The molecule has 0 saturated carbocycles. The second-order valence-electron chi connectivity index (χ2n) is 15.2. The molecule has 0 amide bonds. The van der Waals surface area contributed by atoms with Gasteiger partial charge in [0, 0.05) is 19.3 Å². The molecule has 0 aromatic heterocycles. The van der Waals surface area contributed by atoms with E-state index >= 15 is 0 Å². The number of likely N-dealkylation sites (N-methyl/N-ethyl adjacent to an activating group) is 1. The van der Waals surface area contributed by atoms with E-state index in [9.17, 15) is 19.5 Å². The van der Waals surface area contributed by atoms with Gasteiger partial charge in [-0.05, 0) is 64.2 Å². The van der Waals surface area contributed by atoms with Gasteiger partial charge in [-0.15, -0.1) is 0 Å². The summed E-state index contributed by atoms with van der Waals surface area (Å²) < 4.78 is 17.2. The topological polar surface area (TPSA) is 99.1 Å². The minimum Gasteiger partial charge on any atom is -0.477 e. The molecular weight excluding hydrogens is 666 g/mol. The highest BCUT2D eigenvalue weighted by molar-refractivity contribution is 5.72. The fourth-order valence-corrected chi connectivity index (χ4v) is 5.93. The van der Waals surface area contributed by atoms with Crippen LogP contribution in [0.5, 0.6) is 0 Å². The molecule has 0 aromatic carbocycles. The quantitative estimate of drug-likeness (QED) is 0.0292. The minimum absolute atomic E-state index is 0.0413. The largest absolute Gasteiger partial charge is 0.477 e. The van der Waals surface area contributed by atoms with Gasteiger partial charge in [0.05, 0.1) is 34.4 Å². The second-order valence-corrected chi connectivity index (χ2v) is 15.2. The van der Waals surface area contributed by atoms with Gasteiger partial charge in [-0.2, -0.15) is 0 Å². The molecule has 0 aliphatic rings. The van der Waals surface area contributed by atoms with Crippen LogP contribution in [-0.2, 0) is 28.6 Å². The van der Waals surface area contributed by atoms with E-state index in [-0.39, 0.29) is 42.7 Å². The zero-order chi connectivity index (χ0) is 39.3. The molecule has 0 radical (unpaired) electrons. The molecule has 0 rings (SSSR count).